The van der Waals surface area contributed by atoms with Crippen molar-refractivity contribution in [3.63, 3.8) is 0 Å². The summed E-state index contributed by atoms with van der Waals surface area (Å²) in [6.45, 7) is 1.97. The Morgan fingerprint density at radius 3 is 2.40 bits per heavy atom. The van der Waals surface area contributed by atoms with Crippen molar-refractivity contribution in [2.45, 2.75) is 6.92 Å². The van der Waals surface area contributed by atoms with Crippen molar-refractivity contribution in [2.24, 2.45) is 0 Å². The zero-order valence-electron chi connectivity index (χ0n) is 11.0. The normalized spacial score (nSPS) is 10.9. The van der Waals surface area contributed by atoms with Crippen molar-refractivity contribution in [3.05, 3.63) is 70.8 Å². The number of carboxylic acid groups (broad SMARTS) is 1. The molecule has 20 heavy (non-hydrogen) atoms. The van der Waals surface area contributed by atoms with Crippen LogP contribution in [0.2, 0.25) is 0 Å². The van der Waals surface area contributed by atoms with E-state index >= 15 is 0 Å². The maximum Gasteiger partial charge on any atom is 0.335 e. The predicted molar refractivity (Wildman–Crippen MR) is 78.1 cm³/mol. The number of hydrogen-bond acceptors (Lipinski definition) is 2. The minimum atomic E-state index is -0.959. The summed E-state index contributed by atoms with van der Waals surface area (Å²) in [5, 5.41) is 18.1. The summed E-state index contributed by atoms with van der Waals surface area (Å²) >= 11 is 0. The Hall–Kier alpha value is -2.86. The highest BCUT2D eigenvalue weighted by Crippen LogP contribution is 2.19. The molecule has 0 bridgehead atoms. The standard InChI is InChI=1S/C17H13NO2/c1-12-3-2-4-15(9-12)16(11-18)10-13-5-7-14(8-6-13)17(19)20/h2-10H,1H3,(H,19,20)/b16-10+. The molecule has 0 aliphatic heterocycles. The monoisotopic (exact) mass is 263 g/mol. The zero-order chi connectivity index (χ0) is 14.5. The van der Waals surface area contributed by atoms with Gasteiger partial charge in [0.1, 0.15) is 0 Å². The van der Waals surface area contributed by atoms with Crippen LogP contribution in [-0.4, -0.2) is 11.1 Å². The topological polar surface area (TPSA) is 61.1 Å². The van der Waals surface area contributed by atoms with Crippen LogP contribution in [0.5, 0.6) is 0 Å². The van der Waals surface area contributed by atoms with Gasteiger partial charge in [-0.1, -0.05) is 42.0 Å². The molecule has 3 heteroatoms. The van der Waals surface area contributed by atoms with Crippen LogP contribution in [0, 0.1) is 18.3 Å². The Kier molecular flexibility index (Phi) is 3.97. The summed E-state index contributed by atoms with van der Waals surface area (Å²) in [6.07, 6.45) is 1.75. The van der Waals surface area contributed by atoms with Crippen molar-refractivity contribution >= 4 is 17.6 Å². The molecule has 0 aliphatic rings. The highest BCUT2D eigenvalue weighted by atomic mass is 16.4. The number of rotatable bonds is 3. The minimum absolute atomic E-state index is 0.233. The number of nitriles is 1. The molecule has 2 aromatic carbocycles. The average molecular weight is 263 g/mol. The third-order valence-electron chi connectivity index (χ3n) is 2.92. The van der Waals surface area contributed by atoms with E-state index in [0.717, 1.165) is 16.7 Å². The molecule has 0 spiro atoms. The first-order chi connectivity index (χ1) is 9.60. The minimum Gasteiger partial charge on any atom is -0.478 e. The Morgan fingerprint density at radius 1 is 1.15 bits per heavy atom. The Balaban J connectivity index is 2.37. The number of aromatic carboxylic acids is 1. The molecule has 0 saturated carbocycles. The second-order valence-electron chi connectivity index (χ2n) is 4.47. The second-order valence-corrected chi connectivity index (χ2v) is 4.47. The largest absolute Gasteiger partial charge is 0.478 e. The number of carboxylic acids is 1. The van der Waals surface area contributed by atoms with Gasteiger partial charge < -0.3 is 5.11 Å². The van der Waals surface area contributed by atoms with E-state index in [-0.39, 0.29) is 5.56 Å². The molecule has 0 atom stereocenters. The number of hydrogen-bond donors (Lipinski definition) is 1. The number of aryl methyl sites for hydroxylation is 1. The molecule has 0 radical (unpaired) electrons. The van der Waals surface area contributed by atoms with Crippen LogP contribution < -0.4 is 0 Å². The van der Waals surface area contributed by atoms with Gasteiger partial charge in [-0.15, -0.1) is 0 Å². The average Bonchev–Trinajstić information content (AvgIpc) is 2.45. The van der Waals surface area contributed by atoms with E-state index < -0.39 is 5.97 Å². The maximum atomic E-state index is 10.8. The second kappa shape index (κ2) is 5.85. The van der Waals surface area contributed by atoms with E-state index in [2.05, 4.69) is 6.07 Å². The fourth-order valence-electron chi connectivity index (χ4n) is 1.88. The third kappa shape index (κ3) is 3.12. The van der Waals surface area contributed by atoms with Gasteiger partial charge in [0.15, 0.2) is 0 Å². The molecular weight excluding hydrogens is 250 g/mol. The first kappa shape index (κ1) is 13.6. The lowest BCUT2D eigenvalue weighted by Crippen LogP contribution is -1.94. The maximum absolute atomic E-state index is 10.8. The van der Waals surface area contributed by atoms with Crippen molar-refractivity contribution in [1.82, 2.24) is 0 Å². The molecule has 0 fully saturated rings. The fraction of sp³-hybridized carbons (Fsp3) is 0.0588. The van der Waals surface area contributed by atoms with E-state index in [1.807, 2.05) is 31.2 Å². The summed E-state index contributed by atoms with van der Waals surface area (Å²) < 4.78 is 0. The molecule has 0 heterocycles. The van der Waals surface area contributed by atoms with Crippen LogP contribution in [0.3, 0.4) is 0 Å². The molecule has 2 rings (SSSR count). The van der Waals surface area contributed by atoms with Crippen molar-refractivity contribution in [1.29, 1.82) is 5.26 Å². The van der Waals surface area contributed by atoms with Crippen LogP contribution in [0.25, 0.3) is 11.6 Å². The Morgan fingerprint density at radius 2 is 1.85 bits per heavy atom. The van der Waals surface area contributed by atoms with E-state index in [1.165, 1.54) is 12.1 Å². The molecular formula is C17H13NO2. The molecule has 1 N–H and O–H groups in total. The van der Waals surface area contributed by atoms with Crippen molar-refractivity contribution in [3.8, 4) is 6.07 Å². The highest BCUT2D eigenvalue weighted by molar-refractivity contribution is 5.91. The van der Waals surface area contributed by atoms with Crippen molar-refractivity contribution in [2.75, 3.05) is 0 Å². The molecule has 98 valence electrons. The summed E-state index contributed by atoms with van der Waals surface area (Å²) in [5.74, 6) is -0.959. The zero-order valence-corrected chi connectivity index (χ0v) is 11.0. The van der Waals surface area contributed by atoms with Crippen LogP contribution in [-0.2, 0) is 0 Å². The van der Waals surface area contributed by atoms with E-state index in [9.17, 15) is 10.1 Å². The molecule has 0 aromatic heterocycles. The first-order valence-corrected chi connectivity index (χ1v) is 6.12. The lowest BCUT2D eigenvalue weighted by molar-refractivity contribution is 0.0697. The molecule has 0 saturated heterocycles. The third-order valence-corrected chi connectivity index (χ3v) is 2.92. The SMILES string of the molecule is Cc1cccc(/C(C#N)=C/c2ccc(C(=O)O)cc2)c1. The van der Waals surface area contributed by atoms with Gasteiger partial charge in [-0.3, -0.25) is 0 Å². The molecule has 3 nitrogen and oxygen atoms in total. The summed E-state index contributed by atoms with van der Waals surface area (Å²) in [5.41, 5.74) is 3.53. The van der Waals surface area contributed by atoms with Crippen molar-refractivity contribution < 1.29 is 9.90 Å². The van der Waals surface area contributed by atoms with Gasteiger partial charge in [-0.05, 0) is 36.3 Å². The van der Waals surface area contributed by atoms with Crippen LogP contribution in [0.15, 0.2) is 48.5 Å². The molecule has 2 aromatic rings. The first-order valence-electron chi connectivity index (χ1n) is 6.12. The Labute approximate surface area is 117 Å². The lowest BCUT2D eigenvalue weighted by Gasteiger charge is -2.02. The number of benzene rings is 2. The van der Waals surface area contributed by atoms with Gasteiger partial charge in [0, 0.05) is 0 Å². The Bertz CT molecular complexity index is 707. The van der Waals surface area contributed by atoms with Gasteiger partial charge in [0.05, 0.1) is 17.2 Å². The van der Waals surface area contributed by atoms with Gasteiger partial charge >= 0.3 is 5.97 Å². The van der Waals surface area contributed by atoms with Crippen LogP contribution in [0.1, 0.15) is 27.0 Å². The van der Waals surface area contributed by atoms with Gasteiger partial charge in [0.25, 0.3) is 0 Å². The van der Waals surface area contributed by atoms with Crippen LogP contribution in [0.4, 0.5) is 0 Å². The smallest absolute Gasteiger partial charge is 0.335 e. The van der Waals surface area contributed by atoms with Gasteiger partial charge in [-0.2, -0.15) is 5.26 Å². The van der Waals surface area contributed by atoms with Crippen LogP contribution >= 0.6 is 0 Å². The lowest BCUT2D eigenvalue weighted by atomic mass is 10.0. The van der Waals surface area contributed by atoms with E-state index in [4.69, 9.17) is 5.11 Å². The highest BCUT2D eigenvalue weighted by Gasteiger charge is 2.03. The van der Waals surface area contributed by atoms with E-state index in [0.29, 0.717) is 5.57 Å². The summed E-state index contributed by atoms with van der Waals surface area (Å²) in [6, 6.07) is 16.3. The van der Waals surface area contributed by atoms with Gasteiger partial charge in [-0.25, -0.2) is 4.79 Å². The molecule has 0 amide bonds. The molecule has 0 aliphatic carbocycles. The number of carbonyl (C=O) groups is 1. The quantitative estimate of drug-likeness (QED) is 0.677. The molecule has 0 unspecified atom stereocenters. The summed E-state index contributed by atoms with van der Waals surface area (Å²) in [7, 11) is 0. The number of nitrogens with zero attached hydrogens (tertiary/aromatic N) is 1. The summed E-state index contributed by atoms with van der Waals surface area (Å²) in [4.78, 5) is 10.8. The van der Waals surface area contributed by atoms with E-state index in [1.54, 1.807) is 18.2 Å². The number of allylic oxidation sites excluding steroid dienone is 1. The van der Waals surface area contributed by atoms with Gasteiger partial charge in [0.2, 0.25) is 0 Å². The fourth-order valence-corrected chi connectivity index (χ4v) is 1.88. The predicted octanol–water partition coefficient (Wildman–Crippen LogP) is 3.76.